The van der Waals surface area contributed by atoms with Crippen LogP contribution >= 0.6 is 0 Å². The van der Waals surface area contributed by atoms with Gasteiger partial charge in [0.05, 0.1) is 16.7 Å². The molecule has 1 fully saturated rings. The smallest absolute Gasteiger partial charge is 0.145 e. The molecule has 0 saturated heterocycles. The molecule has 1 aromatic carbocycles. The quantitative estimate of drug-likeness (QED) is 0.292. The van der Waals surface area contributed by atoms with Crippen molar-refractivity contribution in [1.29, 1.82) is 0 Å². The van der Waals surface area contributed by atoms with Crippen LogP contribution in [0.5, 0.6) is 0 Å². The van der Waals surface area contributed by atoms with Gasteiger partial charge in [0.2, 0.25) is 0 Å². The number of rotatable bonds is 7. The predicted octanol–water partition coefficient (Wildman–Crippen LogP) is 5.91. The summed E-state index contributed by atoms with van der Waals surface area (Å²) in [6.07, 6.45) is 7.44. The van der Waals surface area contributed by atoms with E-state index >= 15 is 0 Å². The van der Waals surface area contributed by atoms with Gasteiger partial charge in [0.15, 0.2) is 0 Å². The first-order valence-electron chi connectivity index (χ1n) is 13.0. The van der Waals surface area contributed by atoms with E-state index in [2.05, 4.69) is 40.0 Å². The van der Waals surface area contributed by atoms with Crippen molar-refractivity contribution >= 4 is 11.0 Å². The van der Waals surface area contributed by atoms with E-state index in [1.807, 2.05) is 44.2 Å². The van der Waals surface area contributed by atoms with Crippen molar-refractivity contribution in [2.24, 2.45) is 0 Å². The lowest BCUT2D eigenvalue weighted by atomic mass is 9.79. The summed E-state index contributed by atoms with van der Waals surface area (Å²) in [5.41, 5.74) is 6.70. The maximum Gasteiger partial charge on any atom is 0.145 e. The van der Waals surface area contributed by atoms with Crippen molar-refractivity contribution < 1.29 is 9.63 Å². The van der Waals surface area contributed by atoms with Crippen LogP contribution in [0, 0.1) is 13.8 Å². The molecular formula is C30H31N5O2. The number of H-pyrrole nitrogens is 1. The van der Waals surface area contributed by atoms with Gasteiger partial charge in [-0.2, -0.15) is 0 Å². The summed E-state index contributed by atoms with van der Waals surface area (Å²) in [7, 11) is 0. The number of nitrogens with one attached hydrogen (secondary N) is 1. The lowest BCUT2D eigenvalue weighted by Crippen LogP contribution is -2.30. The lowest BCUT2D eigenvalue weighted by Gasteiger charge is -2.30. The van der Waals surface area contributed by atoms with Crippen LogP contribution in [0.25, 0.3) is 22.2 Å². The second-order valence-electron chi connectivity index (χ2n) is 10.0. The summed E-state index contributed by atoms with van der Waals surface area (Å²) in [5.74, 6) is 2.14. The van der Waals surface area contributed by atoms with Gasteiger partial charge in [-0.15, -0.1) is 0 Å². The highest BCUT2D eigenvalue weighted by Gasteiger charge is 2.38. The molecular weight excluding hydrogens is 462 g/mol. The highest BCUT2D eigenvalue weighted by atomic mass is 16.5. The third-order valence-corrected chi connectivity index (χ3v) is 7.49. The average molecular weight is 494 g/mol. The van der Waals surface area contributed by atoms with E-state index in [9.17, 15) is 5.11 Å². The Bertz CT molecular complexity index is 1510. The fourth-order valence-electron chi connectivity index (χ4n) is 5.17. The first kappa shape index (κ1) is 23.6. The largest absolute Gasteiger partial charge is 0.376 e. The highest BCUT2D eigenvalue weighted by molar-refractivity contribution is 5.88. The number of hydrogen-bond acceptors (Lipinski definition) is 6. The molecule has 0 atom stereocenters. The number of aliphatic hydroxyl groups is 1. The molecule has 7 heteroatoms. The van der Waals surface area contributed by atoms with Crippen LogP contribution in [0.4, 0.5) is 0 Å². The molecule has 0 bridgehead atoms. The standard InChI is InChI=1S/C30H31N5O2/c1-5-23-11-9-21(15-31-23)30(36,22-10-12-24(6-2)32-16-22)25-13-20(27-17(3)35-37-18(27)4)14-26-28(25)34-29(33-26)19-7-8-19/h9-16,19,36H,5-8H2,1-4H3,(H,33,34). The van der Waals surface area contributed by atoms with Gasteiger partial charge in [-0.25, -0.2) is 4.98 Å². The van der Waals surface area contributed by atoms with Gasteiger partial charge in [0.1, 0.15) is 17.2 Å². The molecule has 0 unspecified atom stereocenters. The second-order valence-corrected chi connectivity index (χ2v) is 10.0. The summed E-state index contributed by atoms with van der Waals surface area (Å²) < 4.78 is 5.50. The van der Waals surface area contributed by atoms with Gasteiger partial charge in [-0.05, 0) is 69.4 Å². The Labute approximate surface area is 216 Å². The number of benzene rings is 1. The van der Waals surface area contributed by atoms with Crippen molar-refractivity contribution in [3.63, 3.8) is 0 Å². The van der Waals surface area contributed by atoms with E-state index in [1.54, 1.807) is 12.4 Å². The summed E-state index contributed by atoms with van der Waals surface area (Å²) in [6, 6.07) is 12.0. The van der Waals surface area contributed by atoms with Crippen molar-refractivity contribution in [2.45, 2.75) is 64.9 Å². The van der Waals surface area contributed by atoms with E-state index < -0.39 is 5.60 Å². The zero-order valence-electron chi connectivity index (χ0n) is 21.7. The molecule has 4 heterocycles. The van der Waals surface area contributed by atoms with Crippen molar-refractivity contribution in [3.05, 3.63) is 94.1 Å². The van der Waals surface area contributed by atoms with Gasteiger partial charge >= 0.3 is 0 Å². The zero-order chi connectivity index (χ0) is 25.7. The summed E-state index contributed by atoms with van der Waals surface area (Å²) in [5, 5.41) is 17.0. The predicted molar refractivity (Wildman–Crippen MR) is 142 cm³/mol. The SMILES string of the molecule is CCc1ccc(C(O)(c2ccc(CC)nc2)c2cc(-c3c(C)noc3C)cc3[nH]c(C4CC4)nc23)cn1. The number of pyridine rings is 2. The van der Waals surface area contributed by atoms with Crippen LogP contribution in [0.3, 0.4) is 0 Å². The van der Waals surface area contributed by atoms with Crippen molar-refractivity contribution in [2.75, 3.05) is 0 Å². The Morgan fingerprint density at radius 3 is 2.11 bits per heavy atom. The van der Waals surface area contributed by atoms with Gasteiger partial charge in [-0.1, -0.05) is 31.1 Å². The van der Waals surface area contributed by atoms with Crippen molar-refractivity contribution in [3.8, 4) is 11.1 Å². The number of nitrogens with zero attached hydrogens (tertiary/aromatic N) is 4. The molecule has 0 aliphatic heterocycles. The number of aryl methyl sites for hydroxylation is 4. The first-order chi connectivity index (χ1) is 17.9. The van der Waals surface area contributed by atoms with Gasteiger partial charge < -0.3 is 14.6 Å². The fraction of sp³-hybridized carbons (Fsp3) is 0.333. The Balaban J connectivity index is 1.66. The molecule has 2 N–H and O–H groups in total. The third-order valence-electron chi connectivity index (χ3n) is 7.49. The molecule has 7 nitrogen and oxygen atoms in total. The van der Waals surface area contributed by atoms with E-state index in [4.69, 9.17) is 9.51 Å². The van der Waals surface area contributed by atoms with Gasteiger partial charge in [-0.3, -0.25) is 9.97 Å². The number of hydrogen-bond donors (Lipinski definition) is 2. The normalized spacial score (nSPS) is 14.0. The minimum Gasteiger partial charge on any atom is -0.376 e. The Kier molecular flexibility index (Phi) is 5.68. The molecule has 37 heavy (non-hydrogen) atoms. The van der Waals surface area contributed by atoms with E-state index in [0.717, 1.165) is 76.5 Å². The molecule has 4 aromatic heterocycles. The number of imidazole rings is 1. The maximum atomic E-state index is 12.8. The van der Waals surface area contributed by atoms with E-state index in [-0.39, 0.29) is 0 Å². The number of aromatic amines is 1. The monoisotopic (exact) mass is 493 g/mol. The zero-order valence-corrected chi connectivity index (χ0v) is 21.7. The topological polar surface area (TPSA) is 101 Å². The summed E-state index contributed by atoms with van der Waals surface area (Å²) >= 11 is 0. The van der Waals surface area contributed by atoms with E-state index in [1.165, 1.54) is 0 Å². The molecule has 1 aliphatic rings. The van der Waals surface area contributed by atoms with Crippen LogP contribution in [0.15, 0.2) is 53.3 Å². The summed E-state index contributed by atoms with van der Waals surface area (Å²) in [6.45, 7) is 7.99. The van der Waals surface area contributed by atoms with Crippen LogP contribution in [0.2, 0.25) is 0 Å². The van der Waals surface area contributed by atoms with Crippen LogP contribution in [-0.2, 0) is 18.4 Å². The molecule has 0 radical (unpaired) electrons. The average Bonchev–Trinajstić information content (AvgIpc) is 3.61. The fourth-order valence-corrected chi connectivity index (χ4v) is 5.17. The molecule has 0 amide bonds. The van der Waals surface area contributed by atoms with Gasteiger partial charge in [0.25, 0.3) is 0 Å². The minimum absolute atomic E-state index is 0.437. The van der Waals surface area contributed by atoms with Gasteiger partial charge in [0, 0.05) is 52.0 Å². The Morgan fingerprint density at radius 1 is 0.973 bits per heavy atom. The Morgan fingerprint density at radius 2 is 1.62 bits per heavy atom. The maximum absolute atomic E-state index is 12.8. The summed E-state index contributed by atoms with van der Waals surface area (Å²) in [4.78, 5) is 17.9. The third kappa shape index (κ3) is 3.94. The van der Waals surface area contributed by atoms with E-state index in [0.29, 0.717) is 22.6 Å². The highest BCUT2D eigenvalue weighted by Crippen LogP contribution is 2.44. The van der Waals surface area contributed by atoms with Crippen LogP contribution in [0.1, 0.15) is 78.0 Å². The lowest BCUT2D eigenvalue weighted by molar-refractivity contribution is 0.126. The number of fused-ring (bicyclic) bond motifs is 1. The molecule has 5 aromatic rings. The first-order valence-corrected chi connectivity index (χ1v) is 13.0. The van der Waals surface area contributed by atoms with Crippen LogP contribution in [-0.4, -0.2) is 30.2 Å². The molecule has 188 valence electrons. The minimum atomic E-state index is -1.53. The second kappa shape index (κ2) is 8.92. The molecule has 0 spiro atoms. The molecule has 1 aliphatic carbocycles. The molecule has 1 saturated carbocycles. The molecule has 6 rings (SSSR count). The number of aromatic nitrogens is 5. The van der Waals surface area contributed by atoms with Crippen molar-refractivity contribution in [1.82, 2.24) is 25.1 Å². The Hall–Kier alpha value is -3.84. The van der Waals surface area contributed by atoms with Crippen LogP contribution < -0.4 is 0 Å².